The van der Waals surface area contributed by atoms with Crippen LogP contribution in [0.1, 0.15) is 31.2 Å². The molecule has 3 heterocycles. The Morgan fingerprint density at radius 2 is 1.65 bits per heavy atom. The van der Waals surface area contributed by atoms with Crippen molar-refractivity contribution >= 4 is 16.0 Å². The highest BCUT2D eigenvalue weighted by atomic mass is 32.3. The second kappa shape index (κ2) is 11.8. The summed E-state index contributed by atoms with van der Waals surface area (Å²) < 4.78 is 66.6. The van der Waals surface area contributed by atoms with Crippen LogP contribution in [0.3, 0.4) is 0 Å². The van der Waals surface area contributed by atoms with Crippen LogP contribution in [0.5, 0.6) is 0 Å². The van der Waals surface area contributed by atoms with Crippen LogP contribution < -0.4 is 0 Å². The SMILES string of the molecule is CC(C)c1nnc2ccc(-c3ocnc3-c3cc(F)ccc3F)cn12.Cc1ccccc1.O=S(=O)(O)O. The Labute approximate surface area is 212 Å². The van der Waals surface area contributed by atoms with Gasteiger partial charge in [-0.2, -0.15) is 8.42 Å². The number of benzene rings is 2. The lowest BCUT2D eigenvalue weighted by atomic mass is 10.1. The van der Waals surface area contributed by atoms with Crippen molar-refractivity contribution in [1.82, 2.24) is 19.6 Å². The summed E-state index contributed by atoms with van der Waals surface area (Å²) in [5, 5.41) is 8.31. The van der Waals surface area contributed by atoms with E-state index in [4.69, 9.17) is 21.9 Å². The quantitative estimate of drug-likeness (QED) is 0.280. The van der Waals surface area contributed by atoms with Crippen LogP contribution in [-0.2, 0) is 10.4 Å². The van der Waals surface area contributed by atoms with Crippen molar-refractivity contribution in [3.05, 3.63) is 96.3 Å². The fourth-order valence-electron chi connectivity index (χ4n) is 3.29. The third-order valence-corrected chi connectivity index (χ3v) is 4.90. The van der Waals surface area contributed by atoms with Gasteiger partial charge in [0.05, 0.1) is 0 Å². The molecule has 2 aromatic carbocycles. The van der Waals surface area contributed by atoms with E-state index >= 15 is 0 Å². The van der Waals surface area contributed by atoms with E-state index in [1.807, 2.05) is 42.6 Å². The zero-order valence-corrected chi connectivity index (χ0v) is 20.9. The molecular weight excluding hydrogens is 506 g/mol. The Bertz CT molecular complexity index is 1580. The van der Waals surface area contributed by atoms with Crippen molar-refractivity contribution in [2.75, 3.05) is 0 Å². The number of rotatable bonds is 3. The van der Waals surface area contributed by atoms with Gasteiger partial charge < -0.3 is 4.42 Å². The molecule has 5 aromatic rings. The predicted molar refractivity (Wildman–Crippen MR) is 133 cm³/mol. The fraction of sp³-hybridized carbons (Fsp3) is 0.160. The monoisotopic (exact) mass is 530 g/mol. The molecule has 12 heteroatoms. The van der Waals surface area contributed by atoms with Gasteiger partial charge >= 0.3 is 10.4 Å². The molecular formula is C25H24F2N4O5S. The third kappa shape index (κ3) is 7.74. The molecule has 0 unspecified atom stereocenters. The van der Waals surface area contributed by atoms with E-state index in [1.165, 1.54) is 12.0 Å². The van der Waals surface area contributed by atoms with E-state index < -0.39 is 22.0 Å². The summed E-state index contributed by atoms with van der Waals surface area (Å²) in [5.74, 6) is 0.233. The van der Waals surface area contributed by atoms with Gasteiger partial charge in [0.1, 0.15) is 23.2 Å². The number of hydrogen-bond acceptors (Lipinski definition) is 6. The van der Waals surface area contributed by atoms with Crippen molar-refractivity contribution in [3.63, 3.8) is 0 Å². The molecule has 9 nitrogen and oxygen atoms in total. The first kappa shape index (κ1) is 27.6. The Kier molecular flexibility index (Phi) is 8.81. The lowest BCUT2D eigenvalue weighted by molar-refractivity contribution is 0.381. The Morgan fingerprint density at radius 1 is 0.973 bits per heavy atom. The average Bonchev–Trinajstić information content (AvgIpc) is 3.47. The van der Waals surface area contributed by atoms with Gasteiger partial charge in [-0.05, 0) is 37.3 Å². The maximum absolute atomic E-state index is 14.1. The zero-order chi connectivity index (χ0) is 27.2. The molecule has 0 radical (unpaired) electrons. The molecule has 0 spiro atoms. The average molecular weight is 531 g/mol. The van der Waals surface area contributed by atoms with Crippen LogP contribution in [-0.4, -0.2) is 37.1 Å². The molecule has 0 aliphatic heterocycles. The van der Waals surface area contributed by atoms with E-state index in [0.29, 0.717) is 17.0 Å². The summed E-state index contributed by atoms with van der Waals surface area (Å²) in [6, 6.07) is 17.1. The number of pyridine rings is 1. The second-order valence-electron chi connectivity index (χ2n) is 8.12. The highest BCUT2D eigenvalue weighted by Crippen LogP contribution is 2.33. The molecule has 0 bridgehead atoms. The van der Waals surface area contributed by atoms with E-state index in [0.717, 1.165) is 24.0 Å². The van der Waals surface area contributed by atoms with Crippen LogP contribution in [0.4, 0.5) is 8.78 Å². The second-order valence-corrected chi connectivity index (χ2v) is 9.01. The Morgan fingerprint density at radius 3 is 2.24 bits per heavy atom. The molecule has 0 saturated heterocycles. The summed E-state index contributed by atoms with van der Waals surface area (Å²) >= 11 is 0. The molecule has 3 aromatic heterocycles. The third-order valence-electron chi connectivity index (χ3n) is 4.90. The van der Waals surface area contributed by atoms with Crippen LogP contribution >= 0.6 is 0 Å². The van der Waals surface area contributed by atoms with E-state index in [9.17, 15) is 8.78 Å². The van der Waals surface area contributed by atoms with Gasteiger partial charge in [-0.3, -0.25) is 13.5 Å². The Balaban J connectivity index is 0.000000262. The standard InChI is InChI=1S/C18H14F2N4O.C7H8.H2O4S/c1-10(2)18-23-22-15-6-3-11(8-24(15)18)17-16(21-9-25-17)13-7-12(19)4-5-14(13)20;1-7-5-3-2-4-6-7;1-5(2,3)4/h3-10H,1-2H3;2-6H,1H3;(H2,1,2,3,4). The van der Waals surface area contributed by atoms with Gasteiger partial charge in [0.25, 0.3) is 0 Å². The molecule has 0 amide bonds. The minimum absolute atomic E-state index is 0.0525. The maximum atomic E-state index is 14.1. The van der Waals surface area contributed by atoms with Gasteiger partial charge in [0.2, 0.25) is 0 Å². The van der Waals surface area contributed by atoms with Crippen molar-refractivity contribution in [3.8, 4) is 22.6 Å². The summed E-state index contributed by atoms with van der Waals surface area (Å²) in [5.41, 5.74) is 2.99. The van der Waals surface area contributed by atoms with Crippen LogP contribution in [0.25, 0.3) is 28.2 Å². The van der Waals surface area contributed by atoms with E-state index in [1.54, 1.807) is 12.1 Å². The topological polar surface area (TPSA) is 131 Å². The number of hydrogen-bond donors (Lipinski definition) is 2. The predicted octanol–water partition coefficient (Wildman–Crippen LogP) is 5.80. The number of aryl methyl sites for hydroxylation is 1. The molecule has 0 fully saturated rings. The first-order valence-electron chi connectivity index (χ1n) is 10.9. The molecule has 0 aliphatic carbocycles. The maximum Gasteiger partial charge on any atom is 0.394 e. The summed E-state index contributed by atoms with van der Waals surface area (Å²) in [4.78, 5) is 4.08. The number of aromatic nitrogens is 4. The van der Waals surface area contributed by atoms with Crippen molar-refractivity contribution in [2.45, 2.75) is 26.7 Å². The normalized spacial score (nSPS) is 11.0. The molecule has 5 rings (SSSR count). The number of nitrogens with zero attached hydrogens (tertiary/aromatic N) is 4. The van der Waals surface area contributed by atoms with Crippen LogP contribution in [0.15, 0.2) is 77.7 Å². The van der Waals surface area contributed by atoms with Crippen molar-refractivity contribution in [2.24, 2.45) is 0 Å². The molecule has 2 N–H and O–H groups in total. The molecule has 0 saturated carbocycles. The number of oxazole rings is 1. The van der Waals surface area contributed by atoms with E-state index in [-0.39, 0.29) is 17.2 Å². The first-order valence-corrected chi connectivity index (χ1v) is 12.3. The summed E-state index contributed by atoms with van der Waals surface area (Å²) in [6.07, 6.45) is 3.03. The smallest absolute Gasteiger partial charge is 0.394 e. The minimum Gasteiger partial charge on any atom is -0.443 e. The number of fused-ring (bicyclic) bond motifs is 1. The summed E-state index contributed by atoms with van der Waals surface area (Å²) in [7, 11) is -4.67. The van der Waals surface area contributed by atoms with Crippen molar-refractivity contribution < 1.29 is 30.7 Å². The molecule has 0 aliphatic rings. The molecule has 194 valence electrons. The van der Waals surface area contributed by atoms with Gasteiger partial charge in [0.15, 0.2) is 17.8 Å². The van der Waals surface area contributed by atoms with E-state index in [2.05, 4.69) is 34.2 Å². The van der Waals surface area contributed by atoms with Gasteiger partial charge in [-0.25, -0.2) is 13.8 Å². The van der Waals surface area contributed by atoms with Gasteiger partial charge in [0, 0.05) is 23.2 Å². The number of halogens is 2. The van der Waals surface area contributed by atoms with Crippen molar-refractivity contribution in [1.29, 1.82) is 0 Å². The van der Waals surface area contributed by atoms with Gasteiger partial charge in [-0.1, -0.05) is 49.7 Å². The van der Waals surface area contributed by atoms with Crippen LogP contribution in [0, 0.1) is 18.6 Å². The fourth-order valence-corrected chi connectivity index (χ4v) is 3.29. The lowest BCUT2D eigenvalue weighted by Crippen LogP contribution is -1.97. The van der Waals surface area contributed by atoms with Gasteiger partial charge in [-0.15, -0.1) is 10.2 Å². The van der Waals surface area contributed by atoms with Crippen LogP contribution in [0.2, 0.25) is 0 Å². The highest BCUT2D eigenvalue weighted by Gasteiger charge is 2.19. The lowest BCUT2D eigenvalue weighted by Gasteiger charge is -2.06. The summed E-state index contributed by atoms with van der Waals surface area (Å²) in [6.45, 7) is 6.12. The molecule has 37 heavy (non-hydrogen) atoms. The largest absolute Gasteiger partial charge is 0.443 e. The first-order chi connectivity index (χ1) is 17.4. The zero-order valence-electron chi connectivity index (χ0n) is 20.1. The molecule has 0 atom stereocenters. The highest BCUT2D eigenvalue weighted by molar-refractivity contribution is 7.79. The Hall–Kier alpha value is -4.00. The minimum atomic E-state index is -4.67.